The van der Waals surface area contributed by atoms with E-state index in [0.717, 1.165) is 66.8 Å². The lowest BCUT2D eigenvalue weighted by Gasteiger charge is -2.31. The smallest absolute Gasteiger partial charge is 0.261 e. The number of nitrogens with zero attached hydrogens (tertiary/aromatic N) is 4. The molecule has 26 heavy (non-hydrogen) atoms. The first kappa shape index (κ1) is 19.5. The van der Waals surface area contributed by atoms with Crippen molar-refractivity contribution in [3.63, 3.8) is 0 Å². The second-order valence-corrected chi connectivity index (χ2v) is 8.30. The van der Waals surface area contributed by atoms with E-state index >= 15 is 0 Å². The number of hydrogen-bond donors (Lipinski definition) is 0. The summed E-state index contributed by atoms with van der Waals surface area (Å²) in [6.07, 6.45) is 3.25. The molecule has 1 aromatic carbocycles. The molecule has 1 aliphatic heterocycles. The van der Waals surface area contributed by atoms with E-state index in [1.54, 1.807) is 4.57 Å². The van der Waals surface area contributed by atoms with Gasteiger partial charge in [0, 0.05) is 31.2 Å². The molecule has 3 rings (SSSR count). The van der Waals surface area contributed by atoms with Crippen molar-refractivity contribution in [2.75, 3.05) is 33.2 Å². The zero-order chi connectivity index (χ0) is 18.8. The average Bonchev–Trinajstić information content (AvgIpc) is 2.83. The highest BCUT2D eigenvalue weighted by atomic mass is 79.9. The normalized spacial score (nSPS) is 18.2. The predicted octanol–water partition coefficient (Wildman–Crippen LogP) is 3.48. The lowest BCUT2D eigenvalue weighted by Crippen LogP contribution is -2.36. The Hall–Kier alpha value is -1.24. The van der Waals surface area contributed by atoms with Crippen molar-refractivity contribution in [2.24, 2.45) is 7.05 Å². The number of fused-ring (bicyclic) bond motifs is 1. The largest absolute Gasteiger partial charge is 0.305 e. The molecule has 1 aromatic heterocycles. The van der Waals surface area contributed by atoms with Crippen molar-refractivity contribution < 1.29 is 0 Å². The molecular weight excluding hydrogens is 392 g/mol. The Morgan fingerprint density at radius 2 is 1.96 bits per heavy atom. The molecule has 0 radical (unpaired) electrons. The molecule has 6 heteroatoms. The molecule has 1 saturated heterocycles. The lowest BCUT2D eigenvalue weighted by molar-refractivity contribution is 0.181. The van der Waals surface area contributed by atoms with Crippen LogP contribution in [0.5, 0.6) is 0 Å². The Morgan fingerprint density at radius 1 is 1.19 bits per heavy atom. The molecule has 1 fully saturated rings. The van der Waals surface area contributed by atoms with E-state index in [0.29, 0.717) is 5.39 Å². The van der Waals surface area contributed by atoms with Crippen molar-refractivity contribution >= 4 is 26.8 Å². The molecule has 0 bridgehead atoms. The molecule has 0 spiro atoms. The summed E-state index contributed by atoms with van der Waals surface area (Å²) >= 11 is 3.54. The highest BCUT2D eigenvalue weighted by molar-refractivity contribution is 9.10. The number of hydrogen-bond acceptors (Lipinski definition) is 4. The standard InChI is InChI=1S/C20H29BrN4O/c1-5-7-18(25-9-6-8-23(3)10-11-25)19-22-17-12-14(2)16(21)13-15(17)20(26)24(19)4/h12-13,18H,5-11H2,1-4H3. The van der Waals surface area contributed by atoms with Crippen molar-refractivity contribution in [2.45, 2.75) is 39.2 Å². The van der Waals surface area contributed by atoms with Crippen LogP contribution in [-0.4, -0.2) is 52.6 Å². The van der Waals surface area contributed by atoms with Crippen molar-refractivity contribution in [1.29, 1.82) is 0 Å². The molecule has 1 aliphatic rings. The second-order valence-electron chi connectivity index (χ2n) is 7.45. The van der Waals surface area contributed by atoms with Crippen molar-refractivity contribution in [3.05, 3.63) is 38.3 Å². The average molecular weight is 421 g/mol. The van der Waals surface area contributed by atoms with Gasteiger partial charge in [0.1, 0.15) is 5.82 Å². The Kier molecular flexibility index (Phi) is 6.15. The molecule has 0 aliphatic carbocycles. The number of benzene rings is 1. The zero-order valence-corrected chi connectivity index (χ0v) is 17.8. The van der Waals surface area contributed by atoms with Crippen LogP contribution < -0.4 is 5.56 Å². The molecule has 1 unspecified atom stereocenters. The van der Waals surface area contributed by atoms with Gasteiger partial charge in [-0.15, -0.1) is 0 Å². The summed E-state index contributed by atoms with van der Waals surface area (Å²) in [7, 11) is 4.05. The number of aryl methyl sites for hydroxylation is 1. The summed E-state index contributed by atoms with van der Waals surface area (Å²) < 4.78 is 2.72. The first-order chi connectivity index (χ1) is 12.4. The third-order valence-corrected chi connectivity index (χ3v) is 6.30. The molecule has 142 valence electrons. The second kappa shape index (κ2) is 8.19. The Labute approximate surface area is 164 Å². The van der Waals surface area contributed by atoms with Gasteiger partial charge in [-0.2, -0.15) is 0 Å². The van der Waals surface area contributed by atoms with E-state index in [4.69, 9.17) is 4.98 Å². The molecule has 0 saturated carbocycles. The fourth-order valence-electron chi connectivity index (χ4n) is 3.84. The predicted molar refractivity (Wildman–Crippen MR) is 111 cm³/mol. The van der Waals surface area contributed by atoms with E-state index in [1.165, 1.54) is 0 Å². The maximum absolute atomic E-state index is 13.0. The van der Waals surface area contributed by atoms with Crippen LogP contribution in [0.25, 0.3) is 10.9 Å². The third kappa shape index (κ3) is 3.87. The van der Waals surface area contributed by atoms with Crippen LogP contribution in [0.3, 0.4) is 0 Å². The van der Waals surface area contributed by atoms with Crippen LogP contribution in [0.2, 0.25) is 0 Å². The minimum atomic E-state index is 0.0405. The summed E-state index contributed by atoms with van der Waals surface area (Å²) in [6, 6.07) is 4.11. The minimum absolute atomic E-state index is 0.0405. The van der Waals surface area contributed by atoms with Crippen molar-refractivity contribution in [3.8, 4) is 0 Å². The molecular formula is C20H29BrN4O. The highest BCUT2D eigenvalue weighted by Gasteiger charge is 2.26. The Bertz CT molecular complexity index is 848. The van der Waals surface area contributed by atoms with Gasteiger partial charge in [-0.05, 0) is 51.1 Å². The summed E-state index contributed by atoms with van der Waals surface area (Å²) in [4.78, 5) is 22.9. The summed E-state index contributed by atoms with van der Waals surface area (Å²) in [6.45, 7) is 8.52. The highest BCUT2D eigenvalue weighted by Crippen LogP contribution is 2.27. The van der Waals surface area contributed by atoms with Crippen LogP contribution in [-0.2, 0) is 7.05 Å². The fraction of sp³-hybridized carbons (Fsp3) is 0.600. The maximum atomic E-state index is 13.0. The van der Waals surface area contributed by atoms with Gasteiger partial charge in [-0.1, -0.05) is 29.3 Å². The number of halogens is 1. The summed E-state index contributed by atoms with van der Waals surface area (Å²) in [5.74, 6) is 0.899. The molecule has 2 aromatic rings. The monoisotopic (exact) mass is 420 g/mol. The Morgan fingerprint density at radius 3 is 2.69 bits per heavy atom. The fourth-order valence-corrected chi connectivity index (χ4v) is 4.18. The number of aromatic nitrogens is 2. The molecule has 0 amide bonds. The van der Waals surface area contributed by atoms with Crippen LogP contribution in [0.15, 0.2) is 21.4 Å². The molecule has 5 nitrogen and oxygen atoms in total. The molecule has 0 N–H and O–H groups in total. The van der Waals surface area contributed by atoms with Gasteiger partial charge in [0.05, 0.1) is 16.9 Å². The quantitative estimate of drug-likeness (QED) is 0.758. The zero-order valence-electron chi connectivity index (χ0n) is 16.3. The van der Waals surface area contributed by atoms with Gasteiger partial charge >= 0.3 is 0 Å². The summed E-state index contributed by atoms with van der Waals surface area (Å²) in [5, 5.41) is 0.680. The van der Waals surface area contributed by atoms with Gasteiger partial charge in [0.2, 0.25) is 0 Å². The SMILES string of the molecule is CCCC(c1nc2cc(C)c(Br)cc2c(=O)n1C)N1CCCN(C)CC1. The van der Waals surface area contributed by atoms with E-state index < -0.39 is 0 Å². The Balaban J connectivity index is 2.09. The first-order valence-electron chi connectivity index (χ1n) is 9.51. The number of likely N-dealkylation sites (N-methyl/N-ethyl adjacent to an activating group) is 1. The first-order valence-corrected chi connectivity index (χ1v) is 10.3. The van der Waals surface area contributed by atoms with Gasteiger partial charge in [-0.3, -0.25) is 14.3 Å². The minimum Gasteiger partial charge on any atom is -0.305 e. The van der Waals surface area contributed by atoms with E-state index in [9.17, 15) is 4.79 Å². The summed E-state index contributed by atoms with van der Waals surface area (Å²) in [5.41, 5.74) is 1.95. The van der Waals surface area contributed by atoms with E-state index in [2.05, 4.69) is 39.7 Å². The van der Waals surface area contributed by atoms with Gasteiger partial charge < -0.3 is 4.90 Å². The maximum Gasteiger partial charge on any atom is 0.261 e. The van der Waals surface area contributed by atoms with Gasteiger partial charge in [0.15, 0.2) is 0 Å². The van der Waals surface area contributed by atoms with Crippen LogP contribution in [0.4, 0.5) is 0 Å². The van der Waals surface area contributed by atoms with Crippen LogP contribution in [0.1, 0.15) is 43.6 Å². The number of rotatable bonds is 4. The topological polar surface area (TPSA) is 41.4 Å². The molecule has 1 atom stereocenters. The van der Waals surface area contributed by atoms with Gasteiger partial charge in [0.25, 0.3) is 5.56 Å². The lowest BCUT2D eigenvalue weighted by atomic mass is 10.1. The van der Waals surface area contributed by atoms with Crippen LogP contribution >= 0.6 is 15.9 Å². The third-order valence-electron chi connectivity index (χ3n) is 5.45. The molecule has 2 heterocycles. The van der Waals surface area contributed by atoms with Gasteiger partial charge in [-0.25, -0.2) is 4.98 Å². The van der Waals surface area contributed by atoms with Crippen LogP contribution in [0, 0.1) is 6.92 Å². The van der Waals surface area contributed by atoms with E-state index in [1.807, 2.05) is 26.1 Å². The van der Waals surface area contributed by atoms with E-state index in [-0.39, 0.29) is 11.6 Å². The van der Waals surface area contributed by atoms with Crippen molar-refractivity contribution in [1.82, 2.24) is 19.4 Å².